The Morgan fingerprint density at radius 2 is 2.00 bits per heavy atom. The first-order valence-corrected chi connectivity index (χ1v) is 6.45. The molecule has 0 fully saturated rings. The zero-order chi connectivity index (χ0) is 15.3. The third kappa shape index (κ3) is 5.30. The molecule has 1 atom stereocenters. The van der Waals surface area contributed by atoms with Gasteiger partial charge < -0.3 is 15.2 Å². The number of ether oxygens (including phenoxy) is 1. The van der Waals surface area contributed by atoms with E-state index in [1.54, 1.807) is 39.0 Å². The summed E-state index contributed by atoms with van der Waals surface area (Å²) in [6.45, 7) is 7.14. The Morgan fingerprint density at radius 3 is 2.50 bits per heavy atom. The normalized spacial score (nSPS) is 12.6. The molecule has 1 aromatic carbocycles. The molecule has 0 aromatic heterocycles. The number of rotatable bonds is 4. The first-order chi connectivity index (χ1) is 9.19. The summed E-state index contributed by atoms with van der Waals surface area (Å²) < 4.78 is 5.08. The lowest BCUT2D eigenvalue weighted by atomic mass is 9.98. The SMILES string of the molecule is Cc1cccc(C(CNC(=O)OC(C)(C)C)C(=O)O)c1. The van der Waals surface area contributed by atoms with Gasteiger partial charge in [-0.2, -0.15) is 0 Å². The van der Waals surface area contributed by atoms with Crippen molar-refractivity contribution in [2.24, 2.45) is 0 Å². The van der Waals surface area contributed by atoms with Crippen LogP contribution in [0.4, 0.5) is 4.79 Å². The molecule has 20 heavy (non-hydrogen) atoms. The number of carboxylic acids is 1. The number of alkyl carbamates (subject to hydrolysis) is 1. The van der Waals surface area contributed by atoms with Crippen LogP contribution >= 0.6 is 0 Å². The van der Waals surface area contributed by atoms with E-state index in [-0.39, 0.29) is 6.54 Å². The quantitative estimate of drug-likeness (QED) is 0.888. The zero-order valence-corrected chi connectivity index (χ0v) is 12.3. The molecule has 5 nitrogen and oxygen atoms in total. The van der Waals surface area contributed by atoms with Gasteiger partial charge >= 0.3 is 12.1 Å². The number of aryl methyl sites for hydroxylation is 1. The van der Waals surface area contributed by atoms with Crippen molar-refractivity contribution in [3.05, 3.63) is 35.4 Å². The Hall–Kier alpha value is -2.04. The van der Waals surface area contributed by atoms with Gasteiger partial charge in [-0.25, -0.2) is 4.79 Å². The molecule has 1 amide bonds. The minimum atomic E-state index is -0.980. The molecule has 0 saturated heterocycles. The highest BCUT2D eigenvalue weighted by Gasteiger charge is 2.22. The largest absolute Gasteiger partial charge is 0.481 e. The summed E-state index contributed by atoms with van der Waals surface area (Å²) in [5.41, 5.74) is 1.03. The average molecular weight is 279 g/mol. The molecule has 0 bridgehead atoms. The van der Waals surface area contributed by atoms with E-state index in [1.807, 2.05) is 13.0 Å². The third-order valence-corrected chi connectivity index (χ3v) is 2.59. The molecule has 0 aliphatic rings. The van der Waals surface area contributed by atoms with Crippen LogP contribution in [0.3, 0.4) is 0 Å². The number of amides is 1. The topological polar surface area (TPSA) is 75.6 Å². The fourth-order valence-corrected chi connectivity index (χ4v) is 1.73. The molecule has 0 saturated carbocycles. The molecule has 1 aromatic rings. The number of carbonyl (C=O) groups excluding carboxylic acids is 1. The number of hydrogen-bond donors (Lipinski definition) is 2. The van der Waals surface area contributed by atoms with Crippen LogP contribution in [0.2, 0.25) is 0 Å². The van der Waals surface area contributed by atoms with Crippen molar-refractivity contribution in [1.29, 1.82) is 0 Å². The maximum absolute atomic E-state index is 11.6. The number of carbonyl (C=O) groups is 2. The fraction of sp³-hybridized carbons (Fsp3) is 0.467. The van der Waals surface area contributed by atoms with Crippen molar-refractivity contribution in [3.63, 3.8) is 0 Å². The highest BCUT2D eigenvalue weighted by molar-refractivity contribution is 5.77. The molecule has 0 radical (unpaired) electrons. The molecule has 0 aliphatic carbocycles. The molecule has 110 valence electrons. The third-order valence-electron chi connectivity index (χ3n) is 2.59. The molecule has 0 spiro atoms. The predicted octanol–water partition coefficient (Wildman–Crippen LogP) is 2.69. The maximum Gasteiger partial charge on any atom is 0.407 e. The van der Waals surface area contributed by atoms with E-state index in [0.29, 0.717) is 5.56 Å². The minimum Gasteiger partial charge on any atom is -0.481 e. The van der Waals surface area contributed by atoms with Crippen molar-refractivity contribution < 1.29 is 19.4 Å². The van der Waals surface area contributed by atoms with Gasteiger partial charge in [-0.1, -0.05) is 29.8 Å². The second-order valence-corrected chi connectivity index (χ2v) is 5.69. The van der Waals surface area contributed by atoms with E-state index in [0.717, 1.165) is 5.56 Å². The Bertz CT molecular complexity index is 491. The Morgan fingerprint density at radius 1 is 1.35 bits per heavy atom. The monoisotopic (exact) mass is 279 g/mol. The van der Waals surface area contributed by atoms with Gasteiger partial charge in [-0.15, -0.1) is 0 Å². The van der Waals surface area contributed by atoms with Gasteiger partial charge in [-0.05, 0) is 33.3 Å². The fourth-order valence-electron chi connectivity index (χ4n) is 1.73. The first kappa shape index (κ1) is 16.0. The predicted molar refractivity (Wildman–Crippen MR) is 75.8 cm³/mol. The van der Waals surface area contributed by atoms with Crippen LogP contribution in [-0.4, -0.2) is 29.3 Å². The van der Waals surface area contributed by atoms with Crippen molar-refractivity contribution in [1.82, 2.24) is 5.32 Å². The van der Waals surface area contributed by atoms with Crippen LogP contribution < -0.4 is 5.32 Å². The summed E-state index contributed by atoms with van der Waals surface area (Å²) in [4.78, 5) is 22.9. The lowest BCUT2D eigenvalue weighted by Crippen LogP contribution is -2.36. The summed E-state index contributed by atoms with van der Waals surface area (Å²) >= 11 is 0. The van der Waals surface area contributed by atoms with Crippen LogP contribution in [0.25, 0.3) is 0 Å². The van der Waals surface area contributed by atoms with Gasteiger partial charge in [-0.3, -0.25) is 4.79 Å². The molecule has 5 heteroatoms. The van der Waals surface area contributed by atoms with Crippen LogP contribution in [0.15, 0.2) is 24.3 Å². The number of aliphatic carboxylic acids is 1. The molecular formula is C15H21NO4. The van der Waals surface area contributed by atoms with Gasteiger partial charge in [0.25, 0.3) is 0 Å². The number of benzene rings is 1. The summed E-state index contributed by atoms with van der Waals surface area (Å²) in [6.07, 6.45) is -0.614. The van der Waals surface area contributed by atoms with E-state index in [2.05, 4.69) is 5.32 Å². The lowest BCUT2D eigenvalue weighted by Gasteiger charge is -2.21. The second kappa shape index (κ2) is 6.41. The molecular weight excluding hydrogens is 258 g/mol. The summed E-state index contributed by atoms with van der Waals surface area (Å²) in [6, 6.07) is 7.23. The number of hydrogen-bond acceptors (Lipinski definition) is 3. The Balaban J connectivity index is 2.70. The molecule has 1 unspecified atom stereocenters. The highest BCUT2D eigenvalue weighted by Crippen LogP contribution is 2.17. The standard InChI is InChI=1S/C15H21NO4/c1-10-6-5-7-11(8-10)12(13(17)18)9-16-14(19)20-15(2,3)4/h5-8,12H,9H2,1-4H3,(H,16,19)(H,17,18). The summed E-state index contributed by atoms with van der Waals surface area (Å²) in [7, 11) is 0. The van der Waals surface area contributed by atoms with Crippen LogP contribution in [0, 0.1) is 6.92 Å². The number of nitrogens with one attached hydrogen (secondary N) is 1. The first-order valence-electron chi connectivity index (χ1n) is 6.45. The van der Waals surface area contributed by atoms with E-state index in [1.165, 1.54) is 0 Å². The second-order valence-electron chi connectivity index (χ2n) is 5.69. The van der Waals surface area contributed by atoms with Crippen molar-refractivity contribution in [3.8, 4) is 0 Å². The van der Waals surface area contributed by atoms with Gasteiger partial charge in [0.2, 0.25) is 0 Å². The summed E-state index contributed by atoms with van der Waals surface area (Å²) in [5.74, 6) is -1.77. The van der Waals surface area contributed by atoms with Crippen LogP contribution in [0.5, 0.6) is 0 Å². The van der Waals surface area contributed by atoms with E-state index in [9.17, 15) is 14.7 Å². The molecule has 0 aliphatic heterocycles. The number of carboxylic acid groups (broad SMARTS) is 1. The zero-order valence-electron chi connectivity index (χ0n) is 12.3. The summed E-state index contributed by atoms with van der Waals surface area (Å²) in [5, 5.41) is 11.8. The van der Waals surface area contributed by atoms with Crippen molar-refractivity contribution in [2.75, 3.05) is 6.54 Å². The van der Waals surface area contributed by atoms with Crippen LogP contribution in [-0.2, 0) is 9.53 Å². The molecule has 0 heterocycles. The van der Waals surface area contributed by atoms with Crippen molar-refractivity contribution in [2.45, 2.75) is 39.2 Å². The van der Waals surface area contributed by atoms with Crippen molar-refractivity contribution >= 4 is 12.1 Å². The van der Waals surface area contributed by atoms with Gasteiger partial charge in [0.15, 0.2) is 0 Å². The molecule has 2 N–H and O–H groups in total. The van der Waals surface area contributed by atoms with Gasteiger partial charge in [0.1, 0.15) is 5.60 Å². The smallest absolute Gasteiger partial charge is 0.407 e. The Labute approximate surface area is 118 Å². The minimum absolute atomic E-state index is 0.00625. The average Bonchev–Trinajstić information content (AvgIpc) is 2.26. The maximum atomic E-state index is 11.6. The van der Waals surface area contributed by atoms with E-state index < -0.39 is 23.6 Å². The van der Waals surface area contributed by atoms with E-state index >= 15 is 0 Å². The van der Waals surface area contributed by atoms with Gasteiger partial charge in [0.05, 0.1) is 5.92 Å². The van der Waals surface area contributed by atoms with Crippen LogP contribution in [0.1, 0.15) is 37.8 Å². The van der Waals surface area contributed by atoms with Gasteiger partial charge in [0, 0.05) is 6.54 Å². The lowest BCUT2D eigenvalue weighted by molar-refractivity contribution is -0.138. The van der Waals surface area contributed by atoms with E-state index in [4.69, 9.17) is 4.74 Å². The highest BCUT2D eigenvalue weighted by atomic mass is 16.6. The Kier molecular flexibility index (Phi) is 5.13. The molecule has 1 rings (SSSR count).